The quantitative estimate of drug-likeness (QED) is 0.360. The molecule has 8 heteroatoms. The van der Waals surface area contributed by atoms with Gasteiger partial charge in [0.25, 0.3) is 5.91 Å². The first-order valence-corrected chi connectivity index (χ1v) is 10.7. The Morgan fingerprint density at radius 3 is 2.25 bits per heavy atom. The van der Waals surface area contributed by atoms with E-state index in [-0.39, 0.29) is 11.7 Å². The maximum absolute atomic E-state index is 13.6. The minimum absolute atomic E-state index is 0.278. The van der Waals surface area contributed by atoms with Gasteiger partial charge in [0.05, 0.1) is 32.4 Å². The number of benzene rings is 3. The number of hydrogen-bond donors (Lipinski definition) is 0. The maximum Gasteiger partial charge on any atom is 0.264 e. The molecule has 0 aliphatic carbocycles. The Labute approximate surface area is 188 Å². The lowest BCUT2D eigenvalue weighted by molar-refractivity contribution is 0.0954. The summed E-state index contributed by atoms with van der Waals surface area (Å²) in [4.78, 5) is 18.3. The second kappa shape index (κ2) is 9.32. The van der Waals surface area contributed by atoms with Crippen LogP contribution in [0.2, 0.25) is 0 Å². The average molecular weight is 453 g/mol. The van der Waals surface area contributed by atoms with Gasteiger partial charge < -0.3 is 14.2 Å². The van der Waals surface area contributed by atoms with Gasteiger partial charge in [0.15, 0.2) is 16.7 Å². The first-order chi connectivity index (χ1) is 15.5. The minimum Gasteiger partial charge on any atom is -0.493 e. The molecule has 4 rings (SSSR count). The Bertz CT molecular complexity index is 1250. The van der Waals surface area contributed by atoms with Crippen molar-refractivity contribution >= 4 is 28.7 Å². The molecule has 1 aromatic heterocycles. The maximum atomic E-state index is 13.6. The topological polar surface area (TPSA) is 62.6 Å². The van der Waals surface area contributed by atoms with E-state index >= 15 is 0 Å². The van der Waals surface area contributed by atoms with Crippen molar-refractivity contribution in [3.05, 3.63) is 77.6 Å². The van der Waals surface area contributed by atoms with E-state index in [1.54, 1.807) is 28.8 Å². The molecule has 0 saturated carbocycles. The molecular weight excluding hydrogens is 431 g/mol. The van der Waals surface area contributed by atoms with Gasteiger partial charge in [0.2, 0.25) is 5.75 Å². The van der Waals surface area contributed by atoms with Crippen molar-refractivity contribution in [3.63, 3.8) is 0 Å². The number of aromatic nitrogens is 2. The third-order valence-electron chi connectivity index (χ3n) is 4.93. The van der Waals surface area contributed by atoms with Gasteiger partial charge in [-0.25, -0.2) is 9.37 Å². The van der Waals surface area contributed by atoms with Crippen LogP contribution in [0.15, 0.2) is 65.8 Å². The van der Waals surface area contributed by atoms with E-state index in [9.17, 15) is 9.18 Å². The van der Waals surface area contributed by atoms with E-state index in [1.807, 2.05) is 24.3 Å². The summed E-state index contributed by atoms with van der Waals surface area (Å²) in [6.07, 6.45) is 0. The Kier molecular flexibility index (Phi) is 6.32. The number of ether oxygens (including phenoxy) is 3. The van der Waals surface area contributed by atoms with Crippen LogP contribution in [0.4, 0.5) is 4.39 Å². The number of rotatable bonds is 7. The summed E-state index contributed by atoms with van der Waals surface area (Å²) in [7, 11) is 4.51. The highest BCUT2D eigenvalue weighted by atomic mass is 32.2. The van der Waals surface area contributed by atoms with Gasteiger partial charge in [-0.3, -0.25) is 9.36 Å². The van der Waals surface area contributed by atoms with Gasteiger partial charge in [-0.2, -0.15) is 0 Å². The molecule has 32 heavy (non-hydrogen) atoms. The molecule has 1 heterocycles. The molecule has 0 spiro atoms. The van der Waals surface area contributed by atoms with E-state index in [4.69, 9.17) is 14.2 Å². The van der Waals surface area contributed by atoms with Crippen LogP contribution in [0.1, 0.15) is 15.9 Å². The van der Waals surface area contributed by atoms with Crippen LogP contribution >= 0.6 is 11.8 Å². The summed E-state index contributed by atoms with van der Waals surface area (Å²) in [5.41, 5.74) is 2.68. The third-order valence-corrected chi connectivity index (χ3v) is 5.94. The highest BCUT2D eigenvalue weighted by Crippen LogP contribution is 2.39. The highest BCUT2D eigenvalue weighted by Gasteiger charge is 2.22. The molecule has 0 radical (unpaired) electrons. The smallest absolute Gasteiger partial charge is 0.264 e. The number of imidazole rings is 1. The summed E-state index contributed by atoms with van der Waals surface area (Å²) in [5.74, 6) is 1.16. The normalized spacial score (nSPS) is 10.9. The summed E-state index contributed by atoms with van der Waals surface area (Å²) < 4.78 is 31.0. The number of carbonyl (C=O) groups is 1. The molecule has 0 aliphatic heterocycles. The average Bonchev–Trinajstić information content (AvgIpc) is 3.20. The summed E-state index contributed by atoms with van der Waals surface area (Å²) in [6.45, 7) is 0. The van der Waals surface area contributed by atoms with Crippen LogP contribution in [0, 0.1) is 5.82 Å². The molecule has 0 amide bonds. The van der Waals surface area contributed by atoms with Crippen molar-refractivity contribution in [1.29, 1.82) is 0 Å². The SMILES string of the molecule is COc1cc(C(=O)n2c(SCc3ccc(F)cc3)nc3ccccc32)cc(OC)c1OC. The zero-order valence-corrected chi connectivity index (χ0v) is 18.6. The molecule has 0 aliphatic rings. The first kappa shape index (κ1) is 21.7. The second-order valence-corrected chi connectivity index (χ2v) is 7.80. The Morgan fingerprint density at radius 1 is 0.969 bits per heavy atom. The van der Waals surface area contributed by atoms with Gasteiger partial charge in [-0.05, 0) is 42.0 Å². The van der Waals surface area contributed by atoms with Crippen LogP contribution in [-0.2, 0) is 5.75 Å². The van der Waals surface area contributed by atoms with Crippen LogP contribution < -0.4 is 14.2 Å². The Hall–Kier alpha value is -3.52. The molecule has 0 fully saturated rings. The number of hydrogen-bond acceptors (Lipinski definition) is 6. The van der Waals surface area contributed by atoms with Crippen molar-refractivity contribution in [2.45, 2.75) is 10.9 Å². The van der Waals surface area contributed by atoms with E-state index < -0.39 is 0 Å². The van der Waals surface area contributed by atoms with Crippen LogP contribution in [0.3, 0.4) is 0 Å². The fourth-order valence-corrected chi connectivity index (χ4v) is 4.32. The summed E-state index contributed by atoms with van der Waals surface area (Å²) in [5, 5.41) is 0.536. The highest BCUT2D eigenvalue weighted by molar-refractivity contribution is 7.98. The van der Waals surface area contributed by atoms with E-state index in [1.165, 1.54) is 45.2 Å². The van der Waals surface area contributed by atoms with E-state index in [2.05, 4.69) is 4.98 Å². The zero-order valence-electron chi connectivity index (χ0n) is 17.8. The van der Waals surface area contributed by atoms with Crippen molar-refractivity contribution in [2.24, 2.45) is 0 Å². The van der Waals surface area contributed by atoms with Gasteiger partial charge in [0, 0.05) is 11.3 Å². The zero-order chi connectivity index (χ0) is 22.7. The first-order valence-electron chi connectivity index (χ1n) is 9.75. The molecule has 0 atom stereocenters. The summed E-state index contributed by atoms with van der Waals surface area (Å²) >= 11 is 1.40. The lowest BCUT2D eigenvalue weighted by Gasteiger charge is -2.14. The van der Waals surface area contributed by atoms with Gasteiger partial charge in [0.1, 0.15) is 5.82 Å². The number of methoxy groups -OCH3 is 3. The van der Waals surface area contributed by atoms with Gasteiger partial charge in [-0.15, -0.1) is 0 Å². The predicted molar refractivity (Wildman–Crippen MR) is 122 cm³/mol. The van der Waals surface area contributed by atoms with Gasteiger partial charge >= 0.3 is 0 Å². The number of fused-ring (bicyclic) bond motifs is 1. The largest absolute Gasteiger partial charge is 0.493 e. The lowest BCUT2D eigenvalue weighted by atomic mass is 10.1. The van der Waals surface area contributed by atoms with E-state index in [0.29, 0.717) is 44.8 Å². The second-order valence-electron chi connectivity index (χ2n) is 6.85. The Balaban J connectivity index is 1.77. The van der Waals surface area contributed by atoms with Crippen LogP contribution in [0.5, 0.6) is 17.2 Å². The number of nitrogens with zero attached hydrogens (tertiary/aromatic N) is 2. The van der Waals surface area contributed by atoms with Crippen molar-refractivity contribution < 1.29 is 23.4 Å². The molecule has 0 saturated heterocycles. The Morgan fingerprint density at radius 2 is 1.62 bits per heavy atom. The van der Waals surface area contributed by atoms with Crippen LogP contribution in [0.25, 0.3) is 11.0 Å². The van der Waals surface area contributed by atoms with Crippen molar-refractivity contribution in [1.82, 2.24) is 9.55 Å². The van der Waals surface area contributed by atoms with Crippen molar-refractivity contribution in [2.75, 3.05) is 21.3 Å². The molecular formula is C24H21FN2O4S. The number of para-hydroxylation sites is 2. The molecule has 0 unspecified atom stereocenters. The molecule has 3 aromatic carbocycles. The van der Waals surface area contributed by atoms with E-state index in [0.717, 1.165) is 5.56 Å². The number of carbonyl (C=O) groups excluding carboxylic acids is 1. The monoisotopic (exact) mass is 452 g/mol. The summed E-state index contributed by atoms with van der Waals surface area (Å²) in [6, 6.07) is 16.9. The standard InChI is InChI=1S/C24H21FN2O4S/c1-29-20-12-16(13-21(30-2)22(20)31-3)23(28)27-19-7-5-4-6-18(19)26-24(27)32-14-15-8-10-17(25)11-9-15/h4-13H,14H2,1-3H3. The minimum atomic E-state index is -0.288. The molecule has 0 bridgehead atoms. The fourth-order valence-electron chi connectivity index (χ4n) is 3.36. The number of halogens is 1. The third kappa shape index (κ3) is 4.13. The predicted octanol–water partition coefficient (Wildman–Crippen LogP) is 5.18. The number of thioether (sulfide) groups is 1. The molecule has 4 aromatic rings. The fraction of sp³-hybridized carbons (Fsp3) is 0.167. The molecule has 164 valence electrons. The lowest BCUT2D eigenvalue weighted by Crippen LogP contribution is -2.14. The molecule has 0 N–H and O–H groups in total. The van der Waals surface area contributed by atoms with Crippen molar-refractivity contribution in [3.8, 4) is 17.2 Å². The molecule has 6 nitrogen and oxygen atoms in total. The van der Waals surface area contributed by atoms with Gasteiger partial charge in [-0.1, -0.05) is 36.0 Å². The van der Waals surface area contributed by atoms with Crippen LogP contribution in [-0.4, -0.2) is 36.8 Å².